The first kappa shape index (κ1) is 18.4. The van der Waals surface area contributed by atoms with Crippen molar-refractivity contribution in [3.05, 3.63) is 11.8 Å². The van der Waals surface area contributed by atoms with Gasteiger partial charge in [0, 0.05) is 37.8 Å². The number of hydrogen-bond donors (Lipinski definition) is 0. The van der Waals surface area contributed by atoms with Crippen LogP contribution in [-0.2, 0) is 9.59 Å². The lowest BCUT2D eigenvalue weighted by Gasteiger charge is -2.35. The highest BCUT2D eigenvalue weighted by atomic mass is 16.2. The van der Waals surface area contributed by atoms with Crippen LogP contribution in [0, 0.1) is 0 Å². The molecule has 2 heterocycles. The number of likely N-dealkylation sites (tertiary alicyclic amines) is 2. The van der Waals surface area contributed by atoms with Gasteiger partial charge in [0.15, 0.2) is 0 Å². The average Bonchev–Trinajstić information content (AvgIpc) is 3.25. The highest BCUT2D eigenvalue weighted by Crippen LogP contribution is 2.30. The lowest BCUT2D eigenvalue weighted by atomic mass is 10.0. The summed E-state index contributed by atoms with van der Waals surface area (Å²) in [5, 5.41) is 0. The van der Waals surface area contributed by atoms with Crippen LogP contribution in [0.5, 0.6) is 0 Å². The van der Waals surface area contributed by atoms with E-state index in [1.165, 1.54) is 18.5 Å². The molecule has 2 amide bonds. The molecular formula is C20H33N3O2. The van der Waals surface area contributed by atoms with Gasteiger partial charge in [-0.3, -0.25) is 14.5 Å². The van der Waals surface area contributed by atoms with Crippen LogP contribution in [0.25, 0.3) is 0 Å². The van der Waals surface area contributed by atoms with Gasteiger partial charge >= 0.3 is 0 Å². The number of allylic oxidation sites excluding steroid dienone is 2. The molecule has 1 aliphatic carbocycles. The zero-order valence-corrected chi connectivity index (χ0v) is 15.9. The molecule has 0 radical (unpaired) electrons. The number of carbonyl (C=O) groups is 2. The van der Waals surface area contributed by atoms with Crippen LogP contribution in [0.2, 0.25) is 0 Å². The first-order chi connectivity index (χ1) is 12.1. The number of hydrogen-bond acceptors (Lipinski definition) is 3. The van der Waals surface area contributed by atoms with E-state index in [9.17, 15) is 9.59 Å². The molecule has 0 aromatic heterocycles. The Morgan fingerprint density at radius 2 is 1.88 bits per heavy atom. The molecule has 2 fully saturated rings. The molecule has 0 aromatic carbocycles. The molecule has 3 rings (SSSR count). The first-order valence-corrected chi connectivity index (χ1v) is 10.1. The van der Waals surface area contributed by atoms with Crippen LogP contribution in [-0.4, -0.2) is 64.8 Å². The van der Waals surface area contributed by atoms with E-state index in [1.807, 2.05) is 9.80 Å². The SMILES string of the molecule is CCN(C(=O)CN1CCC[C@@H]1[C@@H]1CCCN1C(C)=O)C1=CCCCC1. The summed E-state index contributed by atoms with van der Waals surface area (Å²) in [5.74, 6) is 0.415. The van der Waals surface area contributed by atoms with E-state index >= 15 is 0 Å². The summed E-state index contributed by atoms with van der Waals surface area (Å²) in [6.45, 7) is 6.87. The van der Waals surface area contributed by atoms with Crippen molar-refractivity contribution in [2.24, 2.45) is 0 Å². The fourth-order valence-electron chi connectivity index (χ4n) is 4.93. The number of rotatable bonds is 5. The predicted octanol–water partition coefficient (Wildman–Crippen LogP) is 2.77. The van der Waals surface area contributed by atoms with Crippen molar-refractivity contribution in [2.75, 3.05) is 26.2 Å². The summed E-state index contributed by atoms with van der Waals surface area (Å²) in [7, 11) is 0. The van der Waals surface area contributed by atoms with Gasteiger partial charge in [-0.1, -0.05) is 6.08 Å². The molecule has 5 heteroatoms. The van der Waals surface area contributed by atoms with Gasteiger partial charge in [-0.2, -0.15) is 0 Å². The van der Waals surface area contributed by atoms with Gasteiger partial charge in [0.2, 0.25) is 11.8 Å². The van der Waals surface area contributed by atoms with Crippen LogP contribution in [0.3, 0.4) is 0 Å². The van der Waals surface area contributed by atoms with Crippen LogP contribution >= 0.6 is 0 Å². The standard InChI is InChI=1S/C20H33N3O2/c1-3-22(17-9-5-4-6-10-17)20(25)15-21-13-7-11-18(21)19-12-8-14-23(19)16(2)24/h9,18-19H,3-8,10-15H2,1-2H3/t18-,19+/m1/s1. The first-order valence-electron chi connectivity index (χ1n) is 10.1. The Hall–Kier alpha value is -1.36. The molecule has 2 aliphatic heterocycles. The Kier molecular flexibility index (Phi) is 6.15. The number of amides is 2. The van der Waals surface area contributed by atoms with Gasteiger partial charge in [-0.15, -0.1) is 0 Å². The third-order valence-corrected chi connectivity index (χ3v) is 6.13. The van der Waals surface area contributed by atoms with Gasteiger partial charge in [0.1, 0.15) is 0 Å². The maximum Gasteiger partial charge on any atom is 0.240 e. The summed E-state index contributed by atoms with van der Waals surface area (Å²) in [5.41, 5.74) is 1.22. The highest BCUT2D eigenvalue weighted by Gasteiger charge is 2.39. The van der Waals surface area contributed by atoms with Crippen LogP contribution in [0.15, 0.2) is 11.8 Å². The highest BCUT2D eigenvalue weighted by molar-refractivity contribution is 5.80. The number of likely N-dealkylation sites (N-methyl/N-ethyl adjacent to an activating group) is 1. The van der Waals surface area contributed by atoms with Crippen molar-refractivity contribution in [2.45, 2.75) is 77.3 Å². The van der Waals surface area contributed by atoms with Crippen molar-refractivity contribution < 1.29 is 9.59 Å². The van der Waals surface area contributed by atoms with Crippen molar-refractivity contribution in [1.82, 2.24) is 14.7 Å². The van der Waals surface area contributed by atoms with E-state index in [4.69, 9.17) is 0 Å². The third-order valence-electron chi connectivity index (χ3n) is 6.13. The normalized spacial score (nSPS) is 27.4. The van der Waals surface area contributed by atoms with Gasteiger partial charge in [-0.05, 0) is 64.8 Å². The lowest BCUT2D eigenvalue weighted by molar-refractivity contribution is -0.132. The van der Waals surface area contributed by atoms with Crippen molar-refractivity contribution in [1.29, 1.82) is 0 Å². The molecule has 3 aliphatic rings. The molecule has 0 N–H and O–H groups in total. The van der Waals surface area contributed by atoms with Crippen molar-refractivity contribution in [3.63, 3.8) is 0 Å². The molecule has 0 bridgehead atoms. The predicted molar refractivity (Wildman–Crippen MR) is 98.9 cm³/mol. The minimum Gasteiger partial charge on any atom is -0.338 e. The average molecular weight is 348 g/mol. The quantitative estimate of drug-likeness (QED) is 0.768. The Morgan fingerprint density at radius 3 is 2.56 bits per heavy atom. The maximum atomic E-state index is 13.0. The summed E-state index contributed by atoms with van der Waals surface area (Å²) >= 11 is 0. The van der Waals surface area contributed by atoms with E-state index in [0.29, 0.717) is 18.6 Å². The van der Waals surface area contributed by atoms with E-state index in [-0.39, 0.29) is 11.8 Å². The molecular weight excluding hydrogens is 314 g/mol. The molecule has 5 nitrogen and oxygen atoms in total. The zero-order chi connectivity index (χ0) is 17.8. The maximum absolute atomic E-state index is 13.0. The molecule has 0 unspecified atom stereocenters. The number of nitrogens with zero attached hydrogens (tertiary/aromatic N) is 3. The zero-order valence-electron chi connectivity index (χ0n) is 15.9. The van der Waals surface area contributed by atoms with Crippen LogP contribution in [0.4, 0.5) is 0 Å². The second-order valence-corrected chi connectivity index (χ2v) is 7.68. The molecule has 0 aromatic rings. The minimum atomic E-state index is 0.184. The summed E-state index contributed by atoms with van der Waals surface area (Å²) in [6, 6.07) is 0.658. The molecule has 140 valence electrons. The van der Waals surface area contributed by atoms with Gasteiger partial charge in [-0.25, -0.2) is 0 Å². The second kappa shape index (κ2) is 8.35. The second-order valence-electron chi connectivity index (χ2n) is 7.68. The number of carbonyl (C=O) groups excluding carboxylic acids is 2. The van der Waals surface area contributed by atoms with E-state index in [0.717, 1.165) is 58.2 Å². The van der Waals surface area contributed by atoms with Crippen LogP contribution in [0.1, 0.15) is 65.2 Å². The van der Waals surface area contributed by atoms with E-state index in [1.54, 1.807) is 6.92 Å². The summed E-state index contributed by atoms with van der Waals surface area (Å²) < 4.78 is 0. The minimum absolute atomic E-state index is 0.184. The Morgan fingerprint density at radius 1 is 1.12 bits per heavy atom. The molecule has 2 saturated heterocycles. The Balaban J connectivity index is 1.65. The Labute approximate surface area is 152 Å². The summed E-state index contributed by atoms with van der Waals surface area (Å²) in [6.07, 6.45) is 11.2. The van der Waals surface area contributed by atoms with Crippen molar-refractivity contribution in [3.8, 4) is 0 Å². The third kappa shape index (κ3) is 4.08. The lowest BCUT2D eigenvalue weighted by Crippen LogP contribution is -2.50. The molecule has 2 atom stereocenters. The largest absolute Gasteiger partial charge is 0.338 e. The topological polar surface area (TPSA) is 43.9 Å². The smallest absolute Gasteiger partial charge is 0.240 e. The van der Waals surface area contributed by atoms with Crippen molar-refractivity contribution >= 4 is 11.8 Å². The van der Waals surface area contributed by atoms with E-state index < -0.39 is 0 Å². The Bertz CT molecular complexity index is 531. The fourth-order valence-corrected chi connectivity index (χ4v) is 4.93. The molecule has 0 saturated carbocycles. The van der Waals surface area contributed by atoms with Gasteiger partial charge in [0.25, 0.3) is 0 Å². The van der Waals surface area contributed by atoms with Gasteiger partial charge < -0.3 is 9.80 Å². The summed E-state index contributed by atoms with van der Waals surface area (Å²) in [4.78, 5) is 31.3. The van der Waals surface area contributed by atoms with E-state index in [2.05, 4.69) is 17.9 Å². The monoisotopic (exact) mass is 347 g/mol. The molecule has 25 heavy (non-hydrogen) atoms. The fraction of sp³-hybridized carbons (Fsp3) is 0.800. The van der Waals surface area contributed by atoms with Crippen LogP contribution < -0.4 is 0 Å². The molecule has 0 spiro atoms. The van der Waals surface area contributed by atoms with Gasteiger partial charge in [0.05, 0.1) is 6.54 Å².